The molecule has 3 aliphatic rings. The van der Waals surface area contributed by atoms with Crippen molar-refractivity contribution in [1.82, 2.24) is 10.1 Å². The number of aromatic nitrogens is 1. The minimum Gasteiger partial charge on any atom is -0.381 e. The maximum atomic E-state index is 12.8. The average Bonchev–Trinajstić information content (AvgIpc) is 3.25. The smallest absolute Gasteiger partial charge is 0.225 e. The van der Waals surface area contributed by atoms with Gasteiger partial charge >= 0.3 is 0 Å². The number of piperidine rings is 1. The highest BCUT2D eigenvalue weighted by molar-refractivity contribution is 5.79. The van der Waals surface area contributed by atoms with Gasteiger partial charge in [-0.25, -0.2) is 0 Å². The van der Waals surface area contributed by atoms with Gasteiger partial charge < -0.3 is 14.2 Å². The fourth-order valence-electron chi connectivity index (χ4n) is 4.78. The Bertz CT molecular complexity index is 589. The first-order valence-electron chi connectivity index (χ1n) is 9.55. The SMILES string of the molecule is COC1CCCC(C(=O)N2CCC(c3onc4c3CCC4)CC2)C1. The van der Waals surface area contributed by atoms with Crippen molar-refractivity contribution < 1.29 is 14.1 Å². The van der Waals surface area contributed by atoms with E-state index in [1.54, 1.807) is 7.11 Å². The molecule has 0 spiro atoms. The molecule has 132 valence electrons. The van der Waals surface area contributed by atoms with Gasteiger partial charge in [-0.1, -0.05) is 11.6 Å². The number of hydrogen-bond donors (Lipinski definition) is 0. The molecule has 2 unspecified atom stereocenters. The maximum Gasteiger partial charge on any atom is 0.225 e. The van der Waals surface area contributed by atoms with E-state index < -0.39 is 0 Å². The third-order valence-corrected chi connectivity index (χ3v) is 6.23. The summed E-state index contributed by atoms with van der Waals surface area (Å²) in [5, 5.41) is 4.25. The number of aryl methyl sites for hydroxylation is 1. The number of carbonyl (C=O) groups is 1. The molecule has 0 bridgehead atoms. The summed E-state index contributed by atoms with van der Waals surface area (Å²) in [7, 11) is 1.76. The highest BCUT2D eigenvalue weighted by Crippen LogP contribution is 2.36. The number of methoxy groups -OCH3 is 1. The normalized spacial score (nSPS) is 28.1. The van der Waals surface area contributed by atoms with Gasteiger partial charge in [0.25, 0.3) is 0 Å². The zero-order valence-electron chi connectivity index (χ0n) is 14.6. The van der Waals surface area contributed by atoms with Crippen LogP contribution in [0.4, 0.5) is 0 Å². The van der Waals surface area contributed by atoms with Crippen molar-refractivity contribution in [3.05, 3.63) is 17.0 Å². The van der Waals surface area contributed by atoms with Crippen LogP contribution in [0.5, 0.6) is 0 Å². The van der Waals surface area contributed by atoms with Crippen molar-refractivity contribution in [2.24, 2.45) is 5.92 Å². The second kappa shape index (κ2) is 6.87. The van der Waals surface area contributed by atoms with Crippen molar-refractivity contribution >= 4 is 5.91 Å². The van der Waals surface area contributed by atoms with Crippen molar-refractivity contribution in [1.29, 1.82) is 0 Å². The summed E-state index contributed by atoms with van der Waals surface area (Å²) in [6.45, 7) is 1.71. The molecule has 1 amide bonds. The summed E-state index contributed by atoms with van der Waals surface area (Å²) < 4.78 is 11.1. The lowest BCUT2D eigenvalue weighted by Crippen LogP contribution is -2.43. The monoisotopic (exact) mass is 332 g/mol. The lowest BCUT2D eigenvalue weighted by molar-refractivity contribution is -0.139. The van der Waals surface area contributed by atoms with Gasteiger partial charge in [-0.2, -0.15) is 0 Å². The minimum atomic E-state index is 0.162. The second-order valence-electron chi connectivity index (χ2n) is 7.65. The predicted molar refractivity (Wildman–Crippen MR) is 89.8 cm³/mol. The van der Waals surface area contributed by atoms with E-state index in [0.29, 0.717) is 11.8 Å². The molecule has 0 N–H and O–H groups in total. The summed E-state index contributed by atoms with van der Waals surface area (Å²) in [6, 6.07) is 0. The van der Waals surface area contributed by atoms with Crippen molar-refractivity contribution in [3.8, 4) is 0 Å². The van der Waals surface area contributed by atoms with Crippen LogP contribution in [-0.2, 0) is 22.4 Å². The van der Waals surface area contributed by atoms with Gasteiger partial charge in [-0.3, -0.25) is 4.79 Å². The molecular formula is C19H28N2O3. The van der Waals surface area contributed by atoms with Crippen LogP contribution in [0.15, 0.2) is 4.52 Å². The quantitative estimate of drug-likeness (QED) is 0.853. The lowest BCUT2D eigenvalue weighted by atomic mass is 9.85. The largest absolute Gasteiger partial charge is 0.381 e. The molecule has 2 atom stereocenters. The van der Waals surface area contributed by atoms with Crippen LogP contribution in [0.3, 0.4) is 0 Å². The molecule has 2 aliphatic carbocycles. The van der Waals surface area contributed by atoms with E-state index >= 15 is 0 Å². The number of fused-ring (bicyclic) bond motifs is 1. The van der Waals surface area contributed by atoms with Gasteiger partial charge in [0.2, 0.25) is 5.91 Å². The molecule has 1 saturated carbocycles. The molecular weight excluding hydrogens is 304 g/mol. The van der Waals surface area contributed by atoms with Gasteiger partial charge in [0.05, 0.1) is 11.8 Å². The summed E-state index contributed by atoms with van der Waals surface area (Å²) in [6.07, 6.45) is 9.80. The number of ether oxygens (including phenoxy) is 1. The zero-order chi connectivity index (χ0) is 16.5. The molecule has 5 heteroatoms. The molecule has 0 aromatic carbocycles. The van der Waals surface area contributed by atoms with Crippen LogP contribution in [0, 0.1) is 5.92 Å². The number of hydrogen-bond acceptors (Lipinski definition) is 4. The Morgan fingerprint density at radius 2 is 2.00 bits per heavy atom. The molecule has 2 heterocycles. The molecule has 1 aliphatic heterocycles. The first kappa shape index (κ1) is 16.1. The Morgan fingerprint density at radius 1 is 1.17 bits per heavy atom. The molecule has 0 radical (unpaired) electrons. The standard InChI is InChI=1S/C19H28N2O3/c1-23-15-5-2-4-14(12-15)19(22)21-10-8-13(9-11-21)18-16-6-3-7-17(16)20-24-18/h13-15H,2-12H2,1H3. The van der Waals surface area contributed by atoms with Gasteiger partial charge in [0.1, 0.15) is 5.76 Å². The van der Waals surface area contributed by atoms with Gasteiger partial charge in [-0.15, -0.1) is 0 Å². The van der Waals surface area contributed by atoms with Crippen LogP contribution in [0.25, 0.3) is 0 Å². The summed E-state index contributed by atoms with van der Waals surface area (Å²) in [4.78, 5) is 14.9. The van der Waals surface area contributed by atoms with Crippen LogP contribution >= 0.6 is 0 Å². The van der Waals surface area contributed by atoms with E-state index in [2.05, 4.69) is 10.1 Å². The molecule has 5 nitrogen and oxygen atoms in total. The first-order valence-corrected chi connectivity index (χ1v) is 9.55. The van der Waals surface area contributed by atoms with Gasteiger partial charge in [0.15, 0.2) is 0 Å². The summed E-state index contributed by atoms with van der Waals surface area (Å²) >= 11 is 0. The van der Waals surface area contributed by atoms with Crippen LogP contribution in [0.2, 0.25) is 0 Å². The summed E-state index contributed by atoms with van der Waals surface area (Å²) in [5.74, 6) is 2.07. The highest BCUT2D eigenvalue weighted by Gasteiger charge is 2.34. The topological polar surface area (TPSA) is 55.6 Å². The van der Waals surface area contributed by atoms with E-state index in [9.17, 15) is 4.79 Å². The number of likely N-dealkylation sites (tertiary alicyclic amines) is 1. The van der Waals surface area contributed by atoms with E-state index in [1.165, 1.54) is 17.7 Å². The second-order valence-corrected chi connectivity index (χ2v) is 7.65. The van der Waals surface area contributed by atoms with Crippen LogP contribution < -0.4 is 0 Å². The zero-order valence-corrected chi connectivity index (χ0v) is 14.6. The molecule has 1 aromatic rings. The fourth-order valence-corrected chi connectivity index (χ4v) is 4.78. The molecule has 1 saturated heterocycles. The molecule has 1 aromatic heterocycles. The predicted octanol–water partition coefficient (Wildman–Crippen LogP) is 3.07. The van der Waals surface area contributed by atoms with Crippen molar-refractivity contribution in [2.75, 3.05) is 20.2 Å². The Kier molecular flexibility index (Phi) is 4.61. The Morgan fingerprint density at radius 3 is 2.79 bits per heavy atom. The maximum absolute atomic E-state index is 12.8. The number of carbonyl (C=O) groups excluding carboxylic acids is 1. The van der Waals surface area contributed by atoms with E-state index in [4.69, 9.17) is 9.26 Å². The Hall–Kier alpha value is -1.36. The molecule has 24 heavy (non-hydrogen) atoms. The number of amides is 1. The van der Waals surface area contributed by atoms with Crippen LogP contribution in [0.1, 0.15) is 67.9 Å². The Balaban J connectivity index is 1.35. The van der Waals surface area contributed by atoms with E-state index in [0.717, 1.165) is 70.2 Å². The average molecular weight is 332 g/mol. The fraction of sp³-hybridized carbons (Fsp3) is 0.789. The van der Waals surface area contributed by atoms with E-state index in [1.807, 2.05) is 0 Å². The third kappa shape index (κ3) is 2.99. The summed E-state index contributed by atoms with van der Waals surface area (Å²) in [5.41, 5.74) is 2.55. The number of nitrogens with zero attached hydrogens (tertiary/aromatic N) is 2. The van der Waals surface area contributed by atoms with Crippen molar-refractivity contribution in [2.45, 2.75) is 69.8 Å². The van der Waals surface area contributed by atoms with Crippen molar-refractivity contribution in [3.63, 3.8) is 0 Å². The first-order chi connectivity index (χ1) is 11.8. The van der Waals surface area contributed by atoms with Crippen LogP contribution in [-0.4, -0.2) is 42.3 Å². The third-order valence-electron chi connectivity index (χ3n) is 6.23. The molecule has 4 rings (SSSR count). The minimum absolute atomic E-state index is 0.162. The van der Waals surface area contributed by atoms with Gasteiger partial charge in [-0.05, 0) is 51.4 Å². The van der Waals surface area contributed by atoms with Gasteiger partial charge in [0, 0.05) is 37.6 Å². The highest BCUT2D eigenvalue weighted by atomic mass is 16.5. The molecule has 2 fully saturated rings. The Labute approximate surface area is 143 Å². The number of rotatable bonds is 3. The lowest BCUT2D eigenvalue weighted by Gasteiger charge is -2.36. The van der Waals surface area contributed by atoms with E-state index in [-0.39, 0.29) is 12.0 Å².